The summed E-state index contributed by atoms with van der Waals surface area (Å²) in [5.41, 5.74) is 0.931. The third-order valence-electron chi connectivity index (χ3n) is 1.73. The largest absolute Gasteiger partial charge is 0.493 e. The summed E-state index contributed by atoms with van der Waals surface area (Å²) >= 11 is 0. The van der Waals surface area contributed by atoms with Gasteiger partial charge in [-0.15, -0.1) is 0 Å². The summed E-state index contributed by atoms with van der Waals surface area (Å²) in [7, 11) is 3.16. The number of hydrogen-bond donors (Lipinski definition) is 0. The molecule has 0 N–H and O–H groups in total. The number of ether oxygens (including phenoxy) is 2. The van der Waals surface area contributed by atoms with Crippen LogP contribution < -0.4 is 9.47 Å². The summed E-state index contributed by atoms with van der Waals surface area (Å²) in [5.74, 6) is 1.35. The van der Waals surface area contributed by atoms with Crippen molar-refractivity contribution in [3.8, 4) is 17.6 Å². The average Bonchev–Trinajstić information content (AvgIpc) is 2.18. The Morgan fingerprint density at radius 3 is 2.46 bits per heavy atom. The molecule has 0 aliphatic heterocycles. The maximum absolute atomic E-state index is 8.49. The molecule has 3 heteroatoms. The lowest BCUT2D eigenvalue weighted by Crippen LogP contribution is -1.91. The highest BCUT2D eigenvalue weighted by Crippen LogP contribution is 2.27. The van der Waals surface area contributed by atoms with Crippen molar-refractivity contribution in [3.63, 3.8) is 0 Å². The van der Waals surface area contributed by atoms with Crippen molar-refractivity contribution in [2.75, 3.05) is 14.2 Å². The fourth-order valence-corrected chi connectivity index (χ4v) is 1.08. The molecule has 68 valence electrons. The Labute approximate surface area is 77.5 Å². The summed E-state index contributed by atoms with van der Waals surface area (Å²) < 4.78 is 10.2. The Morgan fingerprint density at radius 1 is 1.23 bits per heavy atom. The van der Waals surface area contributed by atoms with Crippen LogP contribution in [0.2, 0.25) is 0 Å². The maximum Gasteiger partial charge on any atom is 0.161 e. The zero-order chi connectivity index (χ0) is 9.68. The van der Waals surface area contributed by atoms with Gasteiger partial charge in [-0.3, -0.25) is 0 Å². The van der Waals surface area contributed by atoms with Gasteiger partial charge in [0, 0.05) is 0 Å². The average molecular weight is 179 g/mol. The molecule has 0 fully saturated rings. The Hall–Kier alpha value is -1.69. The molecule has 0 unspecified atom stereocenters. The second-order valence-corrected chi connectivity index (χ2v) is 2.52. The van der Waals surface area contributed by atoms with Crippen LogP contribution in [0.1, 0.15) is 5.56 Å². The molecule has 0 saturated heterocycles. The highest BCUT2D eigenvalue weighted by molar-refractivity contribution is 5.43. The molecule has 0 bridgehead atoms. The summed E-state index contributed by atoms with van der Waals surface area (Å²) in [5, 5.41) is 8.49. The van der Waals surface area contributed by atoms with Crippen molar-refractivity contribution in [1.82, 2.24) is 0 Å². The van der Waals surface area contributed by atoms with Crippen molar-refractivity contribution < 1.29 is 9.47 Å². The fourth-order valence-electron chi connectivity index (χ4n) is 1.08. The van der Waals surface area contributed by atoms with Crippen molar-refractivity contribution in [3.05, 3.63) is 23.8 Å². The molecule has 0 atom stereocenters. The van der Waals surface area contributed by atoms with Gasteiger partial charge in [-0.25, -0.2) is 0 Å². The van der Waals surface area contributed by atoms with Crippen LogP contribution in [0.15, 0.2) is 18.2 Å². The van der Waals surface area contributed by atoms with E-state index in [2.05, 4.69) is 6.07 Å². The van der Waals surface area contributed by atoms with Crippen LogP contribution in [0, 0.1) is 11.3 Å². The fraction of sp³-hybridized carbons (Fsp3) is 0.300. The van der Waals surface area contributed by atoms with Crippen molar-refractivity contribution >= 4 is 0 Å². The van der Waals surface area contributed by atoms with Gasteiger partial charge in [0.2, 0.25) is 0 Å². The smallest absolute Gasteiger partial charge is 0.161 e. The van der Waals surface area contributed by atoms with E-state index in [1.54, 1.807) is 20.3 Å². The van der Waals surface area contributed by atoms with Crippen LogP contribution in [0.4, 0.5) is 0 Å². The van der Waals surface area contributed by atoms with E-state index in [1.165, 1.54) is 0 Å². The second kappa shape index (κ2) is 4.36. The van der Waals surface area contributed by atoms with Crippen molar-refractivity contribution in [2.24, 2.45) is 0 Å². The van der Waals surface area contributed by atoms with Crippen molar-refractivity contribution in [1.29, 1.82) is 5.26 Å². The van der Waals surface area contributed by atoms with E-state index in [0.29, 0.717) is 17.9 Å². The molecule has 0 aromatic heterocycles. The molecule has 3 nitrogen and oxygen atoms in total. The van der Waals surface area contributed by atoms with Gasteiger partial charge in [-0.05, 0) is 17.7 Å². The Kier molecular flexibility index (Phi) is 3.15. The van der Waals surface area contributed by atoms with Gasteiger partial charge in [-0.1, -0.05) is 6.07 Å². The molecular formula is C10H11NO2. The molecule has 0 aliphatic carbocycles. The molecule has 0 heterocycles. The third kappa shape index (κ3) is 2.12. The van der Waals surface area contributed by atoms with Crippen LogP contribution in [-0.4, -0.2) is 14.2 Å². The van der Waals surface area contributed by atoms with Gasteiger partial charge in [-0.2, -0.15) is 5.26 Å². The quantitative estimate of drug-likeness (QED) is 0.710. The third-order valence-corrected chi connectivity index (χ3v) is 1.73. The van der Waals surface area contributed by atoms with E-state index in [4.69, 9.17) is 14.7 Å². The first kappa shape index (κ1) is 9.40. The first-order valence-corrected chi connectivity index (χ1v) is 3.89. The van der Waals surface area contributed by atoms with Crippen LogP contribution in [0.25, 0.3) is 0 Å². The molecule has 0 saturated carbocycles. The number of rotatable bonds is 3. The normalized spacial score (nSPS) is 9.00. The van der Waals surface area contributed by atoms with Crippen LogP contribution >= 0.6 is 0 Å². The zero-order valence-electron chi connectivity index (χ0n) is 7.70. The van der Waals surface area contributed by atoms with Crippen molar-refractivity contribution in [2.45, 2.75) is 6.42 Å². The molecule has 1 aromatic carbocycles. The molecule has 0 spiro atoms. The summed E-state index contributed by atoms with van der Waals surface area (Å²) in [6.45, 7) is 0. The number of nitrogens with zero attached hydrogens (tertiary/aromatic N) is 1. The molecular weight excluding hydrogens is 168 g/mol. The Morgan fingerprint density at radius 2 is 1.92 bits per heavy atom. The molecule has 1 rings (SSSR count). The van der Waals surface area contributed by atoms with Crippen LogP contribution in [-0.2, 0) is 6.42 Å². The minimum Gasteiger partial charge on any atom is -0.493 e. The number of hydrogen-bond acceptors (Lipinski definition) is 3. The Bertz CT molecular complexity index is 328. The van der Waals surface area contributed by atoms with Crippen LogP contribution in [0.5, 0.6) is 11.5 Å². The van der Waals surface area contributed by atoms with Gasteiger partial charge in [0.05, 0.1) is 26.7 Å². The number of nitriles is 1. The predicted molar refractivity (Wildman–Crippen MR) is 48.9 cm³/mol. The van der Waals surface area contributed by atoms with Gasteiger partial charge in [0.25, 0.3) is 0 Å². The zero-order valence-corrected chi connectivity index (χ0v) is 7.70. The second-order valence-electron chi connectivity index (χ2n) is 2.52. The van der Waals surface area contributed by atoms with Gasteiger partial charge in [0.15, 0.2) is 11.5 Å². The molecule has 13 heavy (non-hydrogen) atoms. The summed E-state index contributed by atoms with van der Waals surface area (Å²) in [6, 6.07) is 7.53. The SMILES string of the molecule is COc1ccc(C[14C]#N)cc1OC. The van der Waals surface area contributed by atoms with E-state index in [9.17, 15) is 0 Å². The van der Waals surface area contributed by atoms with Gasteiger partial charge >= 0.3 is 0 Å². The maximum atomic E-state index is 8.49. The Balaban J connectivity index is 3.00. The monoisotopic (exact) mass is 179 g/mol. The summed E-state index contributed by atoms with van der Waals surface area (Å²) in [6.07, 6.45) is 0.389. The molecule has 0 radical (unpaired) electrons. The lowest BCUT2D eigenvalue weighted by molar-refractivity contribution is 0.354. The minimum absolute atomic E-state index is 0.389. The highest BCUT2D eigenvalue weighted by Gasteiger charge is 2.03. The first-order valence-electron chi connectivity index (χ1n) is 3.89. The van der Waals surface area contributed by atoms with E-state index < -0.39 is 0 Å². The highest BCUT2D eigenvalue weighted by atomic mass is 16.5. The molecule has 0 aliphatic rings. The minimum atomic E-state index is 0.389. The number of benzene rings is 1. The topological polar surface area (TPSA) is 42.2 Å². The lowest BCUT2D eigenvalue weighted by Gasteiger charge is -2.07. The number of methoxy groups -OCH3 is 2. The van der Waals surface area contributed by atoms with E-state index in [0.717, 1.165) is 5.56 Å². The van der Waals surface area contributed by atoms with E-state index in [-0.39, 0.29) is 0 Å². The van der Waals surface area contributed by atoms with E-state index in [1.807, 2.05) is 12.1 Å². The molecule has 0 amide bonds. The molecule has 1 aromatic rings. The first-order chi connectivity index (χ1) is 6.31. The predicted octanol–water partition coefficient (Wildman–Crippen LogP) is 1.77. The standard InChI is InChI=1S/C10H11NO2/c1-12-9-4-3-8(5-6-11)7-10(9)13-2/h3-4,7H,5H2,1-2H3/i6+2. The van der Waals surface area contributed by atoms with Gasteiger partial charge in [0.1, 0.15) is 0 Å². The van der Waals surface area contributed by atoms with E-state index >= 15 is 0 Å². The lowest BCUT2D eigenvalue weighted by atomic mass is 10.2. The van der Waals surface area contributed by atoms with Gasteiger partial charge < -0.3 is 9.47 Å². The van der Waals surface area contributed by atoms with Crippen LogP contribution in [0.3, 0.4) is 0 Å². The summed E-state index contributed by atoms with van der Waals surface area (Å²) in [4.78, 5) is 0.